The lowest BCUT2D eigenvalue weighted by atomic mass is 10.1. The average Bonchev–Trinajstić information content (AvgIpc) is 2.49. The van der Waals surface area contributed by atoms with Gasteiger partial charge in [-0.3, -0.25) is 15.1 Å². The maximum absolute atomic E-state index is 10.8. The number of hydrogen-bond acceptors (Lipinski definition) is 5. The van der Waals surface area contributed by atoms with Crippen LogP contribution in [0.4, 0.5) is 11.4 Å². The summed E-state index contributed by atoms with van der Waals surface area (Å²) in [7, 11) is 0. The molecule has 0 saturated carbocycles. The third-order valence-electron chi connectivity index (χ3n) is 3.08. The summed E-state index contributed by atoms with van der Waals surface area (Å²) >= 11 is 0. The number of para-hydroxylation sites is 1. The number of rotatable bonds is 5. The van der Waals surface area contributed by atoms with Crippen molar-refractivity contribution in [3.63, 3.8) is 0 Å². The van der Waals surface area contributed by atoms with Gasteiger partial charge in [0.1, 0.15) is 0 Å². The molecule has 0 atom stereocenters. The Bertz CT molecular complexity index is 726. The van der Waals surface area contributed by atoms with E-state index in [1.165, 1.54) is 18.3 Å². The van der Waals surface area contributed by atoms with Crippen LogP contribution < -0.4 is 4.74 Å². The zero-order valence-electron chi connectivity index (χ0n) is 12.3. The van der Waals surface area contributed by atoms with Gasteiger partial charge in [-0.05, 0) is 31.5 Å². The van der Waals surface area contributed by atoms with E-state index < -0.39 is 4.92 Å². The van der Waals surface area contributed by atoms with E-state index >= 15 is 0 Å². The Hall–Kier alpha value is -2.89. The highest BCUT2D eigenvalue weighted by Crippen LogP contribution is 2.30. The molecule has 0 amide bonds. The van der Waals surface area contributed by atoms with Crippen LogP contribution in [0.3, 0.4) is 0 Å². The summed E-state index contributed by atoms with van der Waals surface area (Å²) < 4.78 is 5.30. The number of hydrogen-bond donors (Lipinski definition) is 1. The summed E-state index contributed by atoms with van der Waals surface area (Å²) in [5.74, 6) is 0.374. The van der Waals surface area contributed by atoms with E-state index in [9.17, 15) is 15.2 Å². The molecule has 0 aliphatic carbocycles. The molecule has 0 heterocycles. The van der Waals surface area contributed by atoms with Crippen LogP contribution in [0.2, 0.25) is 0 Å². The second-order valence-corrected chi connectivity index (χ2v) is 4.61. The van der Waals surface area contributed by atoms with Gasteiger partial charge < -0.3 is 9.84 Å². The van der Waals surface area contributed by atoms with Crippen molar-refractivity contribution in [3.05, 3.63) is 57.6 Å². The summed E-state index contributed by atoms with van der Waals surface area (Å²) in [5, 5.41) is 20.9. The molecule has 2 aromatic carbocycles. The first kappa shape index (κ1) is 15.5. The van der Waals surface area contributed by atoms with Crippen LogP contribution in [0, 0.1) is 17.0 Å². The van der Waals surface area contributed by atoms with E-state index in [0.717, 1.165) is 5.56 Å². The highest BCUT2D eigenvalue weighted by molar-refractivity contribution is 5.87. The van der Waals surface area contributed by atoms with Gasteiger partial charge in [0, 0.05) is 23.9 Å². The van der Waals surface area contributed by atoms with Crippen molar-refractivity contribution in [2.75, 3.05) is 6.61 Å². The Morgan fingerprint density at radius 2 is 2.14 bits per heavy atom. The van der Waals surface area contributed by atoms with E-state index in [1.807, 2.05) is 13.8 Å². The number of phenols is 1. The van der Waals surface area contributed by atoms with E-state index in [-0.39, 0.29) is 11.4 Å². The van der Waals surface area contributed by atoms with Crippen molar-refractivity contribution in [3.8, 4) is 11.5 Å². The Morgan fingerprint density at radius 1 is 1.36 bits per heavy atom. The Balaban J connectivity index is 2.35. The Labute approximate surface area is 127 Å². The lowest BCUT2D eigenvalue weighted by Crippen LogP contribution is -1.93. The number of aromatic hydroxyl groups is 1. The molecule has 22 heavy (non-hydrogen) atoms. The van der Waals surface area contributed by atoms with Crippen LogP contribution in [0.1, 0.15) is 18.1 Å². The zero-order valence-corrected chi connectivity index (χ0v) is 12.3. The molecule has 0 spiro atoms. The number of aliphatic imine (C=N–C) groups is 1. The fourth-order valence-corrected chi connectivity index (χ4v) is 1.90. The van der Waals surface area contributed by atoms with Crippen molar-refractivity contribution >= 4 is 17.6 Å². The molecule has 6 nitrogen and oxygen atoms in total. The molecule has 0 aliphatic rings. The number of ether oxygens (including phenoxy) is 1. The standard InChI is InChI=1S/C16H16N2O4/c1-3-22-15-6-4-5-12(16(15)19)10-17-14-9-13(18(20)21)8-7-11(14)2/h4-10,19H,3H2,1-2H3. The van der Waals surface area contributed by atoms with Crippen molar-refractivity contribution in [1.82, 2.24) is 0 Å². The molecule has 0 bridgehead atoms. The van der Waals surface area contributed by atoms with Crippen molar-refractivity contribution < 1.29 is 14.8 Å². The highest BCUT2D eigenvalue weighted by atomic mass is 16.6. The quantitative estimate of drug-likeness (QED) is 0.517. The van der Waals surface area contributed by atoms with Crippen LogP contribution >= 0.6 is 0 Å². The fourth-order valence-electron chi connectivity index (χ4n) is 1.90. The van der Waals surface area contributed by atoms with Crippen molar-refractivity contribution in [2.45, 2.75) is 13.8 Å². The van der Waals surface area contributed by atoms with Gasteiger partial charge in [0.2, 0.25) is 0 Å². The van der Waals surface area contributed by atoms with E-state index in [1.54, 1.807) is 24.3 Å². The maximum atomic E-state index is 10.8. The molecule has 0 unspecified atom stereocenters. The second-order valence-electron chi connectivity index (χ2n) is 4.61. The highest BCUT2D eigenvalue weighted by Gasteiger charge is 2.09. The summed E-state index contributed by atoms with van der Waals surface area (Å²) in [6.45, 7) is 4.08. The molecular formula is C16H16N2O4. The number of nitrogens with zero attached hydrogens (tertiary/aromatic N) is 2. The van der Waals surface area contributed by atoms with Crippen LogP contribution in [0.15, 0.2) is 41.4 Å². The summed E-state index contributed by atoms with van der Waals surface area (Å²) in [6.07, 6.45) is 1.46. The normalized spacial score (nSPS) is 10.8. The molecule has 1 N–H and O–H groups in total. The van der Waals surface area contributed by atoms with Gasteiger partial charge in [0.05, 0.1) is 17.2 Å². The van der Waals surface area contributed by atoms with Crippen LogP contribution in [-0.4, -0.2) is 22.9 Å². The summed E-state index contributed by atoms with van der Waals surface area (Å²) in [5.41, 5.74) is 1.75. The van der Waals surface area contributed by atoms with Gasteiger partial charge in [0.15, 0.2) is 11.5 Å². The van der Waals surface area contributed by atoms with Gasteiger partial charge >= 0.3 is 0 Å². The summed E-state index contributed by atoms with van der Waals surface area (Å²) in [6, 6.07) is 9.56. The lowest BCUT2D eigenvalue weighted by Gasteiger charge is -2.07. The third kappa shape index (κ3) is 3.41. The van der Waals surface area contributed by atoms with Crippen LogP contribution in [-0.2, 0) is 0 Å². The lowest BCUT2D eigenvalue weighted by molar-refractivity contribution is -0.384. The van der Waals surface area contributed by atoms with Gasteiger partial charge in [0.25, 0.3) is 5.69 Å². The topological polar surface area (TPSA) is 85.0 Å². The number of non-ortho nitro benzene ring substituents is 1. The molecular weight excluding hydrogens is 284 g/mol. The summed E-state index contributed by atoms with van der Waals surface area (Å²) in [4.78, 5) is 14.6. The minimum atomic E-state index is -0.467. The van der Waals surface area contributed by atoms with Gasteiger partial charge in [-0.2, -0.15) is 0 Å². The zero-order chi connectivity index (χ0) is 16.1. The monoisotopic (exact) mass is 300 g/mol. The molecule has 6 heteroatoms. The predicted octanol–water partition coefficient (Wildman–Crippen LogP) is 3.76. The Kier molecular flexibility index (Phi) is 4.73. The number of aryl methyl sites for hydroxylation is 1. The van der Waals surface area contributed by atoms with Crippen LogP contribution in [0.5, 0.6) is 11.5 Å². The molecule has 114 valence electrons. The number of benzene rings is 2. The first-order chi connectivity index (χ1) is 10.5. The first-order valence-electron chi connectivity index (χ1n) is 6.76. The third-order valence-corrected chi connectivity index (χ3v) is 3.08. The SMILES string of the molecule is CCOc1cccc(C=Nc2cc([N+](=O)[O-])ccc2C)c1O. The molecule has 2 rings (SSSR count). The van der Waals surface area contributed by atoms with Crippen LogP contribution in [0.25, 0.3) is 0 Å². The smallest absolute Gasteiger partial charge is 0.271 e. The van der Waals surface area contributed by atoms with E-state index in [4.69, 9.17) is 4.74 Å². The molecule has 0 aromatic heterocycles. The second kappa shape index (κ2) is 6.71. The Morgan fingerprint density at radius 3 is 2.82 bits per heavy atom. The predicted molar refractivity (Wildman–Crippen MR) is 84.4 cm³/mol. The molecule has 0 radical (unpaired) electrons. The maximum Gasteiger partial charge on any atom is 0.271 e. The van der Waals surface area contributed by atoms with Gasteiger partial charge in [-0.25, -0.2) is 0 Å². The van der Waals surface area contributed by atoms with Crippen molar-refractivity contribution in [2.24, 2.45) is 4.99 Å². The minimum Gasteiger partial charge on any atom is -0.504 e. The molecule has 2 aromatic rings. The minimum absolute atomic E-state index is 0.00353. The number of phenolic OH excluding ortho intramolecular Hbond substituents is 1. The van der Waals surface area contributed by atoms with Gasteiger partial charge in [-0.15, -0.1) is 0 Å². The van der Waals surface area contributed by atoms with Crippen molar-refractivity contribution in [1.29, 1.82) is 0 Å². The van der Waals surface area contributed by atoms with Gasteiger partial charge in [-0.1, -0.05) is 12.1 Å². The molecule has 0 saturated heterocycles. The molecule has 0 aliphatic heterocycles. The number of nitro groups is 1. The molecule has 0 fully saturated rings. The van der Waals surface area contributed by atoms with E-state index in [0.29, 0.717) is 23.6 Å². The van der Waals surface area contributed by atoms with E-state index in [2.05, 4.69) is 4.99 Å². The first-order valence-corrected chi connectivity index (χ1v) is 6.76. The largest absolute Gasteiger partial charge is 0.504 e. The number of nitro benzene ring substituents is 1. The fraction of sp³-hybridized carbons (Fsp3) is 0.188. The average molecular weight is 300 g/mol.